The van der Waals surface area contributed by atoms with Crippen LogP contribution in [0, 0.1) is 0 Å². The standard InChI is InChI=1S/C18H23N3O2S/c1-21(2)15(14-7-4-3-5-8-14)13-20-17(22)10-11-19-18(23)16-9-6-12-24-16/h3-9,12,15H,10-11,13H2,1-2H3,(H,19,23)(H,20,22). The lowest BCUT2D eigenvalue weighted by Gasteiger charge is -2.25. The number of rotatable bonds is 8. The molecule has 0 fully saturated rings. The van der Waals surface area contributed by atoms with E-state index in [9.17, 15) is 9.59 Å². The molecule has 2 amide bonds. The number of hydrogen-bond donors (Lipinski definition) is 2. The maximum absolute atomic E-state index is 12.0. The van der Waals surface area contributed by atoms with E-state index in [0.717, 1.165) is 5.56 Å². The second-order valence-electron chi connectivity index (χ2n) is 5.68. The van der Waals surface area contributed by atoms with Gasteiger partial charge < -0.3 is 15.5 Å². The molecule has 5 nitrogen and oxygen atoms in total. The molecule has 2 N–H and O–H groups in total. The SMILES string of the molecule is CN(C)C(CNC(=O)CCNC(=O)c1cccs1)c1ccccc1. The Morgan fingerprint density at radius 3 is 2.46 bits per heavy atom. The molecule has 0 spiro atoms. The largest absolute Gasteiger partial charge is 0.354 e. The highest BCUT2D eigenvalue weighted by Gasteiger charge is 2.15. The molecular weight excluding hydrogens is 322 g/mol. The van der Waals surface area contributed by atoms with Crippen LogP contribution in [-0.2, 0) is 4.79 Å². The van der Waals surface area contributed by atoms with Crippen molar-refractivity contribution in [2.24, 2.45) is 0 Å². The molecule has 1 aromatic carbocycles. The molecule has 1 aromatic heterocycles. The third kappa shape index (κ3) is 5.47. The second-order valence-corrected chi connectivity index (χ2v) is 6.63. The first kappa shape index (κ1) is 18.2. The topological polar surface area (TPSA) is 61.4 Å². The Morgan fingerprint density at radius 2 is 1.83 bits per heavy atom. The Hall–Kier alpha value is -2.18. The first-order chi connectivity index (χ1) is 11.6. The number of carbonyl (C=O) groups excluding carboxylic acids is 2. The molecule has 0 aliphatic rings. The maximum atomic E-state index is 12.0. The van der Waals surface area contributed by atoms with E-state index in [1.807, 2.05) is 43.7 Å². The van der Waals surface area contributed by atoms with Gasteiger partial charge in [-0.05, 0) is 31.1 Å². The van der Waals surface area contributed by atoms with E-state index in [-0.39, 0.29) is 24.3 Å². The quantitative estimate of drug-likeness (QED) is 0.772. The zero-order valence-electron chi connectivity index (χ0n) is 14.0. The average Bonchev–Trinajstić information content (AvgIpc) is 3.10. The summed E-state index contributed by atoms with van der Waals surface area (Å²) in [7, 11) is 3.98. The summed E-state index contributed by atoms with van der Waals surface area (Å²) < 4.78 is 0. The Morgan fingerprint density at radius 1 is 1.08 bits per heavy atom. The van der Waals surface area contributed by atoms with Crippen molar-refractivity contribution in [3.8, 4) is 0 Å². The third-order valence-corrected chi connectivity index (χ3v) is 4.55. The van der Waals surface area contributed by atoms with Crippen LogP contribution in [0.25, 0.3) is 0 Å². The van der Waals surface area contributed by atoms with Gasteiger partial charge in [0, 0.05) is 19.5 Å². The molecule has 0 aliphatic heterocycles. The fourth-order valence-electron chi connectivity index (χ4n) is 2.36. The van der Waals surface area contributed by atoms with Gasteiger partial charge in [-0.2, -0.15) is 0 Å². The average molecular weight is 345 g/mol. The van der Waals surface area contributed by atoms with Crippen molar-refractivity contribution in [1.29, 1.82) is 0 Å². The van der Waals surface area contributed by atoms with Crippen LogP contribution in [0.15, 0.2) is 47.8 Å². The highest BCUT2D eigenvalue weighted by atomic mass is 32.1. The van der Waals surface area contributed by atoms with Gasteiger partial charge in [-0.15, -0.1) is 11.3 Å². The van der Waals surface area contributed by atoms with E-state index in [1.165, 1.54) is 11.3 Å². The number of nitrogens with one attached hydrogen (secondary N) is 2. The minimum Gasteiger partial charge on any atom is -0.354 e. The first-order valence-electron chi connectivity index (χ1n) is 7.87. The number of hydrogen-bond acceptors (Lipinski definition) is 4. The second kappa shape index (κ2) is 9.20. The van der Waals surface area contributed by atoms with Crippen molar-refractivity contribution in [2.75, 3.05) is 27.2 Å². The smallest absolute Gasteiger partial charge is 0.261 e. The van der Waals surface area contributed by atoms with Gasteiger partial charge in [-0.3, -0.25) is 9.59 Å². The van der Waals surface area contributed by atoms with Crippen LogP contribution >= 0.6 is 11.3 Å². The summed E-state index contributed by atoms with van der Waals surface area (Å²) in [4.78, 5) is 26.5. The molecule has 0 bridgehead atoms. The lowest BCUT2D eigenvalue weighted by molar-refractivity contribution is -0.121. The van der Waals surface area contributed by atoms with Crippen LogP contribution in [0.3, 0.4) is 0 Å². The predicted octanol–water partition coefficient (Wildman–Crippen LogP) is 2.29. The van der Waals surface area contributed by atoms with Gasteiger partial charge >= 0.3 is 0 Å². The zero-order chi connectivity index (χ0) is 17.4. The van der Waals surface area contributed by atoms with E-state index >= 15 is 0 Å². The van der Waals surface area contributed by atoms with Gasteiger partial charge in [0.1, 0.15) is 0 Å². The maximum Gasteiger partial charge on any atom is 0.261 e. The van der Waals surface area contributed by atoms with Gasteiger partial charge in [-0.25, -0.2) is 0 Å². The van der Waals surface area contributed by atoms with E-state index in [0.29, 0.717) is 18.0 Å². The summed E-state index contributed by atoms with van der Waals surface area (Å²) in [5.41, 5.74) is 1.16. The van der Waals surface area contributed by atoms with Crippen molar-refractivity contribution in [3.05, 3.63) is 58.3 Å². The highest BCUT2D eigenvalue weighted by molar-refractivity contribution is 7.12. The van der Waals surface area contributed by atoms with Crippen LogP contribution in [0.2, 0.25) is 0 Å². The molecule has 128 valence electrons. The minimum atomic E-state index is -0.131. The van der Waals surface area contributed by atoms with Gasteiger partial charge in [0.15, 0.2) is 0 Å². The molecule has 1 unspecified atom stereocenters. The summed E-state index contributed by atoms with van der Waals surface area (Å²) in [6.07, 6.45) is 0.270. The Bertz CT molecular complexity index is 642. The van der Waals surface area contributed by atoms with Crippen LogP contribution in [0.5, 0.6) is 0 Å². The fraction of sp³-hybridized carbons (Fsp3) is 0.333. The number of benzene rings is 1. The van der Waals surface area contributed by atoms with Gasteiger partial charge in [0.25, 0.3) is 5.91 Å². The number of nitrogens with zero attached hydrogens (tertiary/aromatic N) is 1. The zero-order valence-corrected chi connectivity index (χ0v) is 14.8. The van der Waals surface area contributed by atoms with Gasteiger partial charge in [-0.1, -0.05) is 36.4 Å². The molecule has 0 saturated heterocycles. The predicted molar refractivity (Wildman–Crippen MR) is 97.1 cm³/mol. The third-order valence-electron chi connectivity index (χ3n) is 3.68. The van der Waals surface area contributed by atoms with Crippen LogP contribution < -0.4 is 10.6 Å². The molecule has 2 aromatic rings. The number of carbonyl (C=O) groups is 2. The normalized spacial score (nSPS) is 12.0. The Kier molecular flexibility index (Phi) is 6.96. The number of likely N-dealkylation sites (N-methyl/N-ethyl adjacent to an activating group) is 1. The Balaban J connectivity index is 1.74. The van der Waals surface area contributed by atoms with E-state index in [4.69, 9.17) is 0 Å². The minimum absolute atomic E-state index is 0.0655. The highest BCUT2D eigenvalue weighted by Crippen LogP contribution is 2.16. The van der Waals surface area contributed by atoms with Crippen molar-refractivity contribution in [2.45, 2.75) is 12.5 Å². The molecule has 0 saturated carbocycles. The van der Waals surface area contributed by atoms with Crippen molar-refractivity contribution >= 4 is 23.2 Å². The van der Waals surface area contributed by atoms with Crippen LogP contribution in [-0.4, -0.2) is 43.9 Å². The van der Waals surface area contributed by atoms with Crippen LogP contribution in [0.4, 0.5) is 0 Å². The first-order valence-corrected chi connectivity index (χ1v) is 8.75. The monoisotopic (exact) mass is 345 g/mol. The van der Waals surface area contributed by atoms with E-state index in [1.54, 1.807) is 6.07 Å². The van der Waals surface area contributed by atoms with Crippen molar-refractivity contribution in [1.82, 2.24) is 15.5 Å². The van der Waals surface area contributed by atoms with Gasteiger partial charge in [0.05, 0.1) is 10.9 Å². The van der Waals surface area contributed by atoms with E-state index < -0.39 is 0 Å². The summed E-state index contributed by atoms with van der Waals surface area (Å²) in [5.74, 6) is -0.197. The summed E-state index contributed by atoms with van der Waals surface area (Å²) >= 11 is 1.39. The molecule has 1 heterocycles. The van der Waals surface area contributed by atoms with E-state index in [2.05, 4.69) is 27.7 Å². The summed E-state index contributed by atoms with van der Waals surface area (Å²) in [5, 5.41) is 7.55. The lowest BCUT2D eigenvalue weighted by Crippen LogP contribution is -2.36. The molecule has 0 radical (unpaired) electrons. The molecule has 0 aliphatic carbocycles. The van der Waals surface area contributed by atoms with Crippen molar-refractivity contribution in [3.63, 3.8) is 0 Å². The molecule has 1 atom stereocenters. The molecule has 6 heteroatoms. The number of amides is 2. The lowest BCUT2D eigenvalue weighted by atomic mass is 10.1. The molecule has 24 heavy (non-hydrogen) atoms. The summed E-state index contributed by atoms with van der Waals surface area (Å²) in [6.45, 7) is 0.870. The summed E-state index contributed by atoms with van der Waals surface area (Å²) in [6, 6.07) is 13.8. The fourth-order valence-corrected chi connectivity index (χ4v) is 3.00. The number of thiophene rings is 1. The molecule has 2 rings (SSSR count). The van der Waals surface area contributed by atoms with Crippen LogP contribution in [0.1, 0.15) is 27.7 Å². The molecular formula is C18H23N3O2S. The van der Waals surface area contributed by atoms with Crippen molar-refractivity contribution < 1.29 is 9.59 Å². The van der Waals surface area contributed by atoms with Gasteiger partial charge in [0.2, 0.25) is 5.91 Å². The Labute approximate surface area is 146 Å².